The molecule has 0 radical (unpaired) electrons. The number of nitrogen functional groups attached to an aromatic ring is 2. The standard InChI is InChI=1S/C20H19N7O/c1-28-14-2-3-16-11(7-14)8-17(26-16)15-9-13(6-12(10-21)19(15)22)25-18-4-5-24-20(23)27-18/h2-10,21,26H,22H2,1H3,(H3,23,24,25,27). The Labute approximate surface area is 161 Å². The minimum absolute atomic E-state index is 0.178. The highest BCUT2D eigenvalue weighted by atomic mass is 16.5. The minimum atomic E-state index is 0.178. The van der Waals surface area contributed by atoms with Crippen molar-refractivity contribution in [1.82, 2.24) is 15.0 Å². The summed E-state index contributed by atoms with van der Waals surface area (Å²) >= 11 is 0. The van der Waals surface area contributed by atoms with Crippen molar-refractivity contribution >= 4 is 40.3 Å². The van der Waals surface area contributed by atoms with Gasteiger partial charge in [-0.15, -0.1) is 0 Å². The molecule has 0 atom stereocenters. The van der Waals surface area contributed by atoms with Gasteiger partial charge in [0.05, 0.1) is 7.11 Å². The van der Waals surface area contributed by atoms with Crippen LogP contribution >= 0.6 is 0 Å². The van der Waals surface area contributed by atoms with Gasteiger partial charge in [-0.05, 0) is 42.5 Å². The summed E-state index contributed by atoms with van der Waals surface area (Å²) in [4.78, 5) is 11.4. The lowest BCUT2D eigenvalue weighted by molar-refractivity contribution is 0.415. The average Bonchev–Trinajstić information content (AvgIpc) is 3.12. The number of ether oxygens (including phenoxy) is 1. The topological polar surface area (TPSA) is 139 Å². The Kier molecular flexibility index (Phi) is 4.29. The number of nitrogens with zero attached hydrogens (tertiary/aromatic N) is 2. The molecular weight excluding hydrogens is 354 g/mol. The molecule has 4 rings (SSSR count). The zero-order chi connectivity index (χ0) is 19.7. The quantitative estimate of drug-likeness (QED) is 0.268. The van der Waals surface area contributed by atoms with Crippen molar-refractivity contribution < 1.29 is 4.74 Å². The molecule has 0 aliphatic heterocycles. The summed E-state index contributed by atoms with van der Waals surface area (Å²) < 4.78 is 5.29. The maximum atomic E-state index is 7.71. The smallest absolute Gasteiger partial charge is 0.221 e. The molecule has 8 nitrogen and oxygen atoms in total. The maximum Gasteiger partial charge on any atom is 0.221 e. The van der Waals surface area contributed by atoms with Crippen LogP contribution in [0.4, 0.5) is 23.1 Å². The molecule has 0 bridgehead atoms. The molecule has 0 aliphatic carbocycles. The first-order valence-electron chi connectivity index (χ1n) is 8.54. The van der Waals surface area contributed by atoms with E-state index in [1.165, 1.54) is 6.21 Å². The van der Waals surface area contributed by atoms with E-state index in [0.29, 0.717) is 17.1 Å². The number of fused-ring (bicyclic) bond motifs is 1. The second-order valence-corrected chi connectivity index (χ2v) is 6.23. The van der Waals surface area contributed by atoms with E-state index in [2.05, 4.69) is 20.3 Å². The van der Waals surface area contributed by atoms with Crippen LogP contribution in [0.1, 0.15) is 5.56 Å². The van der Waals surface area contributed by atoms with Gasteiger partial charge in [-0.3, -0.25) is 0 Å². The Morgan fingerprint density at radius 3 is 2.75 bits per heavy atom. The molecule has 0 amide bonds. The minimum Gasteiger partial charge on any atom is -0.497 e. The molecule has 0 unspecified atom stereocenters. The summed E-state index contributed by atoms with van der Waals surface area (Å²) in [6.45, 7) is 0. The Hall–Kier alpha value is -4.07. The number of H-pyrrole nitrogens is 1. The first-order valence-corrected chi connectivity index (χ1v) is 8.54. The number of aromatic amines is 1. The van der Waals surface area contributed by atoms with Crippen molar-refractivity contribution in [2.24, 2.45) is 0 Å². The molecule has 8 heteroatoms. The number of aromatic nitrogens is 3. The Morgan fingerprint density at radius 2 is 2.00 bits per heavy atom. The summed E-state index contributed by atoms with van der Waals surface area (Å²) in [5.41, 5.74) is 16.4. The van der Waals surface area contributed by atoms with Crippen LogP contribution in [0.3, 0.4) is 0 Å². The van der Waals surface area contributed by atoms with E-state index < -0.39 is 0 Å². The number of benzene rings is 2. The van der Waals surface area contributed by atoms with Crippen LogP contribution in [0.5, 0.6) is 5.75 Å². The van der Waals surface area contributed by atoms with Gasteiger partial charge in [-0.2, -0.15) is 4.98 Å². The van der Waals surface area contributed by atoms with E-state index in [0.717, 1.165) is 33.6 Å². The third-order valence-corrected chi connectivity index (χ3v) is 4.43. The fourth-order valence-electron chi connectivity index (χ4n) is 3.06. The number of rotatable bonds is 5. The number of nitrogens with two attached hydrogens (primary N) is 2. The molecule has 0 saturated heterocycles. The van der Waals surface area contributed by atoms with E-state index in [-0.39, 0.29) is 5.95 Å². The summed E-state index contributed by atoms with van der Waals surface area (Å²) in [5, 5.41) is 11.9. The molecule has 140 valence electrons. The molecule has 0 aliphatic rings. The molecule has 2 aromatic heterocycles. The Morgan fingerprint density at radius 1 is 1.14 bits per heavy atom. The highest BCUT2D eigenvalue weighted by Crippen LogP contribution is 2.34. The lowest BCUT2D eigenvalue weighted by Gasteiger charge is -2.12. The van der Waals surface area contributed by atoms with E-state index in [4.69, 9.17) is 21.6 Å². The monoisotopic (exact) mass is 373 g/mol. The molecule has 2 aromatic carbocycles. The maximum absolute atomic E-state index is 7.71. The van der Waals surface area contributed by atoms with Crippen LogP contribution < -0.4 is 21.5 Å². The van der Waals surface area contributed by atoms with Crippen molar-refractivity contribution in [3.8, 4) is 17.0 Å². The average molecular weight is 373 g/mol. The predicted molar refractivity (Wildman–Crippen MR) is 112 cm³/mol. The molecule has 28 heavy (non-hydrogen) atoms. The second-order valence-electron chi connectivity index (χ2n) is 6.23. The lowest BCUT2D eigenvalue weighted by atomic mass is 10.0. The van der Waals surface area contributed by atoms with Crippen LogP contribution in [0.2, 0.25) is 0 Å². The van der Waals surface area contributed by atoms with E-state index in [9.17, 15) is 0 Å². The Bertz CT molecular complexity index is 1180. The number of hydrogen-bond acceptors (Lipinski definition) is 7. The predicted octanol–water partition coefficient (Wildman–Crippen LogP) is 3.54. The SMILES string of the molecule is COc1ccc2[nH]c(-c3cc(Nc4ccnc(N)n4)cc(C=N)c3N)cc2c1. The molecule has 0 fully saturated rings. The van der Waals surface area contributed by atoms with Gasteiger partial charge in [0.2, 0.25) is 5.95 Å². The van der Waals surface area contributed by atoms with Crippen LogP contribution in [-0.4, -0.2) is 28.3 Å². The van der Waals surface area contributed by atoms with Gasteiger partial charge in [0.1, 0.15) is 11.6 Å². The third-order valence-electron chi connectivity index (χ3n) is 4.43. The third kappa shape index (κ3) is 3.18. The van der Waals surface area contributed by atoms with Gasteiger partial charge >= 0.3 is 0 Å². The molecule has 0 spiro atoms. The van der Waals surface area contributed by atoms with E-state index >= 15 is 0 Å². The second kappa shape index (κ2) is 6.92. The lowest BCUT2D eigenvalue weighted by Crippen LogP contribution is -2.02. The molecule has 7 N–H and O–H groups in total. The largest absolute Gasteiger partial charge is 0.497 e. The number of methoxy groups -OCH3 is 1. The number of nitrogens with one attached hydrogen (secondary N) is 3. The fourth-order valence-corrected chi connectivity index (χ4v) is 3.06. The zero-order valence-corrected chi connectivity index (χ0v) is 15.2. The van der Waals surface area contributed by atoms with Gasteiger partial charge < -0.3 is 31.9 Å². The number of anilines is 4. The zero-order valence-electron chi connectivity index (χ0n) is 15.2. The van der Waals surface area contributed by atoms with Gasteiger partial charge in [0, 0.05) is 51.5 Å². The molecule has 2 heterocycles. The van der Waals surface area contributed by atoms with E-state index in [1.807, 2.05) is 30.3 Å². The van der Waals surface area contributed by atoms with Gasteiger partial charge in [-0.1, -0.05) is 0 Å². The first-order chi connectivity index (χ1) is 13.6. The molecular formula is C20H19N7O. The van der Waals surface area contributed by atoms with Crippen LogP contribution in [-0.2, 0) is 0 Å². The van der Waals surface area contributed by atoms with Crippen LogP contribution in [0.15, 0.2) is 48.7 Å². The van der Waals surface area contributed by atoms with Crippen molar-refractivity contribution in [1.29, 1.82) is 5.41 Å². The Balaban J connectivity index is 1.80. The molecule has 4 aromatic rings. The van der Waals surface area contributed by atoms with Crippen molar-refractivity contribution in [2.75, 3.05) is 23.9 Å². The molecule has 0 saturated carbocycles. The number of hydrogen-bond donors (Lipinski definition) is 5. The highest BCUT2D eigenvalue weighted by Gasteiger charge is 2.12. The van der Waals surface area contributed by atoms with Crippen LogP contribution in [0.25, 0.3) is 22.2 Å². The van der Waals surface area contributed by atoms with Gasteiger partial charge in [0.25, 0.3) is 0 Å². The van der Waals surface area contributed by atoms with Gasteiger partial charge in [-0.25, -0.2) is 4.98 Å². The van der Waals surface area contributed by atoms with Crippen LogP contribution in [0, 0.1) is 5.41 Å². The van der Waals surface area contributed by atoms with Crippen molar-refractivity contribution in [3.05, 3.63) is 54.2 Å². The first kappa shape index (κ1) is 17.3. The summed E-state index contributed by atoms with van der Waals surface area (Å²) in [7, 11) is 1.64. The fraction of sp³-hybridized carbons (Fsp3) is 0.0500. The van der Waals surface area contributed by atoms with Crippen molar-refractivity contribution in [3.63, 3.8) is 0 Å². The summed E-state index contributed by atoms with van der Waals surface area (Å²) in [6.07, 6.45) is 2.80. The van der Waals surface area contributed by atoms with Crippen molar-refractivity contribution in [2.45, 2.75) is 0 Å². The highest BCUT2D eigenvalue weighted by molar-refractivity contribution is 5.97. The van der Waals surface area contributed by atoms with Gasteiger partial charge in [0.15, 0.2) is 0 Å². The normalized spacial score (nSPS) is 10.8. The summed E-state index contributed by atoms with van der Waals surface area (Å²) in [6, 6.07) is 13.2. The summed E-state index contributed by atoms with van der Waals surface area (Å²) in [5.74, 6) is 1.51. The van der Waals surface area contributed by atoms with E-state index in [1.54, 1.807) is 25.4 Å².